The first-order valence-corrected chi connectivity index (χ1v) is 6.15. The Morgan fingerprint density at radius 3 is 2.70 bits per heavy atom. The molecule has 0 radical (unpaired) electrons. The standard InChI is InChI=1S/C11H12F3N5O/c12-11(13,14)8-1-2-9(17-16-8)18-3-4-19-7(6-18)5-15-10(19)20/h1-2,7H,3-6H2,(H,15,20). The third-order valence-electron chi connectivity index (χ3n) is 3.50. The van der Waals surface area contributed by atoms with E-state index in [1.54, 1.807) is 4.90 Å². The van der Waals surface area contributed by atoms with Gasteiger partial charge >= 0.3 is 12.2 Å². The van der Waals surface area contributed by atoms with Gasteiger partial charge < -0.3 is 15.1 Å². The number of carbonyl (C=O) groups is 1. The number of fused-ring (bicyclic) bond motifs is 1. The lowest BCUT2D eigenvalue weighted by molar-refractivity contribution is -0.141. The van der Waals surface area contributed by atoms with Crippen LogP contribution in [-0.2, 0) is 6.18 Å². The smallest absolute Gasteiger partial charge is 0.351 e. The molecule has 9 heteroatoms. The summed E-state index contributed by atoms with van der Waals surface area (Å²) in [6, 6.07) is 2.18. The second kappa shape index (κ2) is 4.50. The van der Waals surface area contributed by atoms with Crippen LogP contribution < -0.4 is 10.2 Å². The summed E-state index contributed by atoms with van der Waals surface area (Å²) in [6.45, 7) is 2.14. The van der Waals surface area contributed by atoms with Crippen molar-refractivity contribution in [3.8, 4) is 0 Å². The predicted octanol–water partition coefficient (Wildman–Crippen LogP) is 0.709. The van der Waals surface area contributed by atoms with Crippen molar-refractivity contribution >= 4 is 11.8 Å². The zero-order chi connectivity index (χ0) is 14.3. The van der Waals surface area contributed by atoms with E-state index in [0.29, 0.717) is 32.0 Å². The number of hydrogen-bond acceptors (Lipinski definition) is 4. The van der Waals surface area contributed by atoms with Crippen LogP contribution in [0, 0.1) is 0 Å². The SMILES string of the molecule is O=C1NCC2CN(c3ccc(C(F)(F)F)nn3)CCN12. The molecule has 6 nitrogen and oxygen atoms in total. The Balaban J connectivity index is 1.73. The van der Waals surface area contributed by atoms with Crippen LogP contribution in [-0.4, -0.2) is 53.3 Å². The van der Waals surface area contributed by atoms with E-state index in [1.165, 1.54) is 6.07 Å². The average Bonchev–Trinajstić information content (AvgIpc) is 2.79. The second-order valence-electron chi connectivity index (χ2n) is 4.75. The van der Waals surface area contributed by atoms with Crippen LogP contribution in [0.3, 0.4) is 0 Å². The average molecular weight is 287 g/mol. The molecule has 108 valence electrons. The van der Waals surface area contributed by atoms with Crippen LogP contribution >= 0.6 is 0 Å². The van der Waals surface area contributed by atoms with Gasteiger partial charge in [0.2, 0.25) is 0 Å². The molecule has 0 saturated carbocycles. The summed E-state index contributed by atoms with van der Waals surface area (Å²) in [5.74, 6) is 0.400. The Kier molecular flexibility index (Phi) is 2.91. The van der Waals surface area contributed by atoms with E-state index >= 15 is 0 Å². The minimum absolute atomic E-state index is 0.0281. The van der Waals surface area contributed by atoms with Crippen LogP contribution in [0.5, 0.6) is 0 Å². The molecule has 2 aliphatic heterocycles. The third kappa shape index (κ3) is 2.23. The van der Waals surface area contributed by atoms with Crippen molar-refractivity contribution in [3.63, 3.8) is 0 Å². The lowest BCUT2D eigenvalue weighted by Gasteiger charge is -2.36. The quantitative estimate of drug-likeness (QED) is 0.826. The molecular formula is C11H12F3N5O. The van der Waals surface area contributed by atoms with Crippen molar-refractivity contribution in [3.05, 3.63) is 17.8 Å². The first kappa shape index (κ1) is 12.9. The molecule has 2 amide bonds. The molecule has 1 aromatic heterocycles. The molecule has 0 spiro atoms. The zero-order valence-electron chi connectivity index (χ0n) is 10.4. The van der Waals surface area contributed by atoms with Crippen molar-refractivity contribution in [2.45, 2.75) is 12.2 Å². The fourth-order valence-corrected chi connectivity index (χ4v) is 2.46. The Bertz CT molecular complexity index is 518. The number of aromatic nitrogens is 2. The summed E-state index contributed by atoms with van der Waals surface area (Å²) in [7, 11) is 0. The van der Waals surface area contributed by atoms with E-state index in [-0.39, 0.29) is 12.1 Å². The van der Waals surface area contributed by atoms with E-state index in [9.17, 15) is 18.0 Å². The summed E-state index contributed by atoms with van der Waals surface area (Å²) in [5, 5.41) is 9.58. The highest BCUT2D eigenvalue weighted by Gasteiger charge is 2.36. The number of anilines is 1. The van der Waals surface area contributed by atoms with Crippen molar-refractivity contribution in [2.24, 2.45) is 0 Å². The van der Waals surface area contributed by atoms with Crippen LogP contribution in [0.2, 0.25) is 0 Å². The molecule has 1 unspecified atom stereocenters. The number of alkyl halides is 3. The monoisotopic (exact) mass is 287 g/mol. The van der Waals surface area contributed by atoms with Gasteiger partial charge in [0.25, 0.3) is 0 Å². The zero-order valence-corrected chi connectivity index (χ0v) is 10.4. The van der Waals surface area contributed by atoms with Crippen molar-refractivity contribution in [2.75, 3.05) is 31.1 Å². The van der Waals surface area contributed by atoms with Gasteiger partial charge in [-0.05, 0) is 12.1 Å². The Morgan fingerprint density at radius 1 is 1.25 bits per heavy atom. The van der Waals surface area contributed by atoms with Crippen molar-refractivity contribution < 1.29 is 18.0 Å². The Hall–Kier alpha value is -2.06. The predicted molar refractivity (Wildman–Crippen MR) is 63.1 cm³/mol. The molecule has 20 heavy (non-hydrogen) atoms. The maximum Gasteiger partial charge on any atom is 0.435 e. The number of amides is 2. The van der Waals surface area contributed by atoms with Crippen molar-refractivity contribution in [1.29, 1.82) is 0 Å². The highest BCUT2D eigenvalue weighted by atomic mass is 19.4. The van der Waals surface area contributed by atoms with E-state index < -0.39 is 11.9 Å². The van der Waals surface area contributed by atoms with Gasteiger partial charge in [-0.15, -0.1) is 10.2 Å². The highest BCUT2D eigenvalue weighted by Crippen LogP contribution is 2.28. The van der Waals surface area contributed by atoms with Crippen LogP contribution in [0.1, 0.15) is 5.69 Å². The molecule has 2 aliphatic rings. The molecule has 1 atom stereocenters. The van der Waals surface area contributed by atoms with E-state index in [0.717, 1.165) is 6.07 Å². The van der Waals surface area contributed by atoms with Crippen LogP contribution in [0.25, 0.3) is 0 Å². The van der Waals surface area contributed by atoms with Gasteiger partial charge in [-0.2, -0.15) is 13.2 Å². The molecule has 3 rings (SSSR count). The lowest BCUT2D eigenvalue weighted by Crippen LogP contribution is -2.52. The van der Waals surface area contributed by atoms with E-state index in [2.05, 4.69) is 15.5 Å². The summed E-state index contributed by atoms with van der Waals surface area (Å²) < 4.78 is 37.2. The normalized spacial score (nSPS) is 22.8. The van der Waals surface area contributed by atoms with E-state index in [1.807, 2.05) is 4.90 Å². The third-order valence-corrected chi connectivity index (χ3v) is 3.50. The molecule has 2 saturated heterocycles. The highest BCUT2D eigenvalue weighted by molar-refractivity contribution is 5.77. The minimum atomic E-state index is -4.48. The molecule has 3 heterocycles. The van der Waals surface area contributed by atoms with Crippen LogP contribution in [0.4, 0.5) is 23.8 Å². The van der Waals surface area contributed by atoms with Gasteiger partial charge in [0.15, 0.2) is 11.5 Å². The number of nitrogens with zero attached hydrogens (tertiary/aromatic N) is 4. The van der Waals surface area contributed by atoms with E-state index in [4.69, 9.17) is 0 Å². The lowest BCUT2D eigenvalue weighted by atomic mass is 10.2. The van der Waals surface area contributed by atoms with Crippen LogP contribution in [0.15, 0.2) is 12.1 Å². The molecule has 1 aromatic rings. The number of rotatable bonds is 1. The molecular weight excluding hydrogens is 275 g/mol. The maximum atomic E-state index is 12.4. The first-order chi connectivity index (χ1) is 9.45. The van der Waals surface area contributed by atoms with Gasteiger partial charge in [0, 0.05) is 26.2 Å². The second-order valence-corrected chi connectivity index (χ2v) is 4.75. The number of carbonyl (C=O) groups excluding carboxylic acids is 1. The molecule has 0 aliphatic carbocycles. The number of hydrogen-bond donors (Lipinski definition) is 1. The van der Waals surface area contributed by atoms with Gasteiger partial charge in [-0.1, -0.05) is 0 Å². The number of halogens is 3. The van der Waals surface area contributed by atoms with Gasteiger partial charge in [0.05, 0.1) is 6.04 Å². The maximum absolute atomic E-state index is 12.4. The van der Waals surface area contributed by atoms with Gasteiger partial charge in [-0.3, -0.25) is 0 Å². The largest absolute Gasteiger partial charge is 0.435 e. The summed E-state index contributed by atoms with van der Waals surface area (Å²) >= 11 is 0. The fourth-order valence-electron chi connectivity index (χ4n) is 2.46. The molecule has 0 aromatic carbocycles. The Labute approximate surface area is 112 Å². The fraction of sp³-hybridized carbons (Fsp3) is 0.545. The first-order valence-electron chi connectivity index (χ1n) is 6.15. The van der Waals surface area contributed by atoms with Gasteiger partial charge in [0.1, 0.15) is 0 Å². The Morgan fingerprint density at radius 2 is 2.05 bits per heavy atom. The summed E-state index contributed by atoms with van der Waals surface area (Å²) in [4.78, 5) is 15.0. The molecule has 2 fully saturated rings. The summed E-state index contributed by atoms with van der Waals surface area (Å²) in [5.41, 5.74) is -1.00. The number of piperazine rings is 1. The molecule has 0 bridgehead atoms. The number of nitrogens with one attached hydrogen (secondary N) is 1. The topological polar surface area (TPSA) is 61.4 Å². The minimum Gasteiger partial charge on any atom is -0.351 e. The molecule has 1 N–H and O–H groups in total. The van der Waals surface area contributed by atoms with Crippen molar-refractivity contribution in [1.82, 2.24) is 20.4 Å². The van der Waals surface area contributed by atoms with Gasteiger partial charge in [-0.25, -0.2) is 4.79 Å². The summed E-state index contributed by atoms with van der Waals surface area (Å²) in [6.07, 6.45) is -4.48. The number of urea groups is 1.